The molecule has 1 aromatic rings. The largest absolute Gasteiger partial charge is 0.355 e. The third-order valence-corrected chi connectivity index (χ3v) is 3.77. The van der Waals surface area contributed by atoms with Gasteiger partial charge in [-0.2, -0.15) is 0 Å². The summed E-state index contributed by atoms with van der Waals surface area (Å²) in [5, 5.41) is 6.30. The van der Waals surface area contributed by atoms with Crippen molar-refractivity contribution >= 4 is 21.8 Å². The Kier molecular flexibility index (Phi) is 5.82. The molecule has 4 nitrogen and oxygen atoms in total. The maximum Gasteiger partial charge on any atom is 0.224 e. The molecule has 1 aliphatic heterocycles. The maximum absolute atomic E-state index is 11.8. The minimum atomic E-state index is 0.0949. The smallest absolute Gasteiger partial charge is 0.224 e. The zero-order valence-electron chi connectivity index (χ0n) is 11.0. The average molecular weight is 326 g/mol. The van der Waals surface area contributed by atoms with Gasteiger partial charge in [-0.15, -0.1) is 0 Å². The van der Waals surface area contributed by atoms with Gasteiger partial charge in [-0.25, -0.2) is 0 Å². The summed E-state index contributed by atoms with van der Waals surface area (Å²) >= 11 is 3.39. The number of carbonyl (C=O) groups excluding carboxylic acids is 1. The minimum Gasteiger partial charge on any atom is -0.355 e. The third-order valence-electron chi connectivity index (χ3n) is 3.24. The van der Waals surface area contributed by atoms with Crippen LogP contribution in [0.25, 0.3) is 0 Å². The van der Waals surface area contributed by atoms with Crippen LogP contribution < -0.4 is 10.6 Å². The number of nitrogens with zero attached hydrogens (tertiary/aromatic N) is 1. The molecule has 1 amide bonds. The first-order valence-electron chi connectivity index (χ1n) is 6.68. The fourth-order valence-corrected chi connectivity index (χ4v) is 2.40. The summed E-state index contributed by atoms with van der Waals surface area (Å²) < 4.78 is 1.04. The van der Waals surface area contributed by atoms with Crippen LogP contribution in [0.1, 0.15) is 5.56 Å². The highest BCUT2D eigenvalue weighted by molar-refractivity contribution is 9.10. The number of rotatable bonds is 5. The molecule has 1 heterocycles. The van der Waals surface area contributed by atoms with Crippen molar-refractivity contribution in [3.8, 4) is 0 Å². The zero-order valence-corrected chi connectivity index (χ0v) is 12.6. The average Bonchev–Trinajstić information content (AvgIpc) is 2.43. The van der Waals surface area contributed by atoms with Crippen molar-refractivity contribution in [2.45, 2.75) is 6.42 Å². The molecule has 0 aromatic heterocycles. The molecular formula is C14H20BrN3O. The number of benzene rings is 1. The number of hydrogen-bond acceptors (Lipinski definition) is 3. The van der Waals surface area contributed by atoms with Gasteiger partial charge in [0.15, 0.2) is 0 Å². The van der Waals surface area contributed by atoms with Gasteiger partial charge in [0, 0.05) is 43.7 Å². The van der Waals surface area contributed by atoms with Gasteiger partial charge < -0.3 is 10.6 Å². The summed E-state index contributed by atoms with van der Waals surface area (Å²) in [5.74, 6) is 0.0949. The summed E-state index contributed by atoms with van der Waals surface area (Å²) in [6, 6.07) is 7.87. The van der Waals surface area contributed by atoms with E-state index in [2.05, 4.69) is 31.5 Å². The van der Waals surface area contributed by atoms with Crippen LogP contribution in [-0.4, -0.2) is 50.1 Å². The Hall–Kier alpha value is -0.910. The van der Waals surface area contributed by atoms with Crippen molar-refractivity contribution in [2.75, 3.05) is 39.3 Å². The summed E-state index contributed by atoms with van der Waals surface area (Å²) in [6.45, 7) is 5.91. The van der Waals surface area contributed by atoms with Gasteiger partial charge in [0.2, 0.25) is 5.91 Å². The summed E-state index contributed by atoms with van der Waals surface area (Å²) in [4.78, 5) is 14.2. The molecule has 2 rings (SSSR count). The molecule has 0 unspecified atom stereocenters. The Morgan fingerprint density at radius 1 is 1.26 bits per heavy atom. The molecule has 1 fully saturated rings. The van der Waals surface area contributed by atoms with Crippen molar-refractivity contribution in [2.24, 2.45) is 0 Å². The van der Waals surface area contributed by atoms with Crippen LogP contribution in [-0.2, 0) is 11.2 Å². The predicted molar refractivity (Wildman–Crippen MR) is 80.2 cm³/mol. The van der Waals surface area contributed by atoms with E-state index in [4.69, 9.17) is 0 Å². The zero-order chi connectivity index (χ0) is 13.5. The number of amides is 1. The Labute approximate surface area is 122 Å². The van der Waals surface area contributed by atoms with E-state index in [1.165, 1.54) is 0 Å². The van der Waals surface area contributed by atoms with E-state index < -0.39 is 0 Å². The normalized spacial score (nSPS) is 16.3. The van der Waals surface area contributed by atoms with Gasteiger partial charge >= 0.3 is 0 Å². The summed E-state index contributed by atoms with van der Waals surface area (Å²) in [5.41, 5.74) is 1.04. The molecule has 1 aliphatic rings. The van der Waals surface area contributed by atoms with Crippen LogP contribution in [0.2, 0.25) is 0 Å². The van der Waals surface area contributed by atoms with Crippen molar-refractivity contribution < 1.29 is 4.79 Å². The molecule has 1 saturated heterocycles. The van der Waals surface area contributed by atoms with E-state index in [0.717, 1.165) is 49.3 Å². The molecule has 104 valence electrons. The topological polar surface area (TPSA) is 44.4 Å². The molecule has 1 aromatic carbocycles. The van der Waals surface area contributed by atoms with Crippen molar-refractivity contribution in [1.29, 1.82) is 0 Å². The van der Waals surface area contributed by atoms with Gasteiger partial charge in [0.25, 0.3) is 0 Å². The second kappa shape index (κ2) is 7.62. The fourth-order valence-electron chi connectivity index (χ4n) is 2.14. The number of nitrogens with one attached hydrogen (secondary N) is 2. The first-order chi connectivity index (χ1) is 9.24. The van der Waals surface area contributed by atoms with E-state index >= 15 is 0 Å². The van der Waals surface area contributed by atoms with E-state index in [-0.39, 0.29) is 5.91 Å². The molecule has 0 saturated carbocycles. The van der Waals surface area contributed by atoms with Crippen LogP contribution in [0.5, 0.6) is 0 Å². The molecule has 0 bridgehead atoms. The summed E-state index contributed by atoms with van der Waals surface area (Å²) in [7, 11) is 0. The predicted octanol–water partition coefficient (Wildman–Crippen LogP) is 1.01. The molecule has 0 radical (unpaired) electrons. The lowest BCUT2D eigenvalue weighted by Gasteiger charge is -2.27. The fraction of sp³-hybridized carbons (Fsp3) is 0.500. The molecule has 2 N–H and O–H groups in total. The molecule has 0 atom stereocenters. The lowest BCUT2D eigenvalue weighted by molar-refractivity contribution is -0.120. The van der Waals surface area contributed by atoms with Crippen LogP contribution in [0.15, 0.2) is 28.7 Å². The Morgan fingerprint density at radius 2 is 1.95 bits per heavy atom. The van der Waals surface area contributed by atoms with Crippen molar-refractivity contribution in [1.82, 2.24) is 15.5 Å². The molecule has 0 aliphatic carbocycles. The Balaban J connectivity index is 1.65. The lowest BCUT2D eigenvalue weighted by Crippen LogP contribution is -2.46. The number of piperazine rings is 1. The minimum absolute atomic E-state index is 0.0949. The van der Waals surface area contributed by atoms with Crippen LogP contribution in [0.4, 0.5) is 0 Å². The number of hydrogen-bond donors (Lipinski definition) is 2. The van der Waals surface area contributed by atoms with Gasteiger partial charge in [0.1, 0.15) is 0 Å². The second-order valence-electron chi connectivity index (χ2n) is 4.74. The highest BCUT2D eigenvalue weighted by atomic mass is 79.9. The van der Waals surface area contributed by atoms with Gasteiger partial charge in [-0.1, -0.05) is 28.1 Å². The van der Waals surface area contributed by atoms with Crippen molar-refractivity contribution in [3.05, 3.63) is 34.3 Å². The SMILES string of the molecule is O=C(Cc1ccc(Br)cc1)NCCN1CCNCC1. The number of carbonyl (C=O) groups is 1. The Bertz CT molecular complexity index is 402. The van der Waals surface area contributed by atoms with Crippen LogP contribution in [0, 0.1) is 0 Å². The first kappa shape index (κ1) is 14.5. The quantitative estimate of drug-likeness (QED) is 0.849. The highest BCUT2D eigenvalue weighted by Gasteiger charge is 2.09. The monoisotopic (exact) mass is 325 g/mol. The number of halogens is 1. The van der Waals surface area contributed by atoms with E-state index in [1.807, 2.05) is 24.3 Å². The van der Waals surface area contributed by atoms with E-state index in [1.54, 1.807) is 0 Å². The van der Waals surface area contributed by atoms with Crippen molar-refractivity contribution in [3.63, 3.8) is 0 Å². The van der Waals surface area contributed by atoms with Crippen LogP contribution >= 0.6 is 15.9 Å². The third kappa shape index (κ3) is 5.30. The first-order valence-corrected chi connectivity index (χ1v) is 7.47. The van der Waals surface area contributed by atoms with E-state index in [9.17, 15) is 4.79 Å². The molecule has 0 spiro atoms. The van der Waals surface area contributed by atoms with Gasteiger partial charge in [-0.3, -0.25) is 9.69 Å². The second-order valence-corrected chi connectivity index (χ2v) is 5.66. The van der Waals surface area contributed by atoms with Gasteiger partial charge in [-0.05, 0) is 17.7 Å². The summed E-state index contributed by atoms with van der Waals surface area (Å²) in [6.07, 6.45) is 0.453. The molecular weight excluding hydrogens is 306 g/mol. The molecule has 5 heteroatoms. The Morgan fingerprint density at radius 3 is 2.63 bits per heavy atom. The highest BCUT2D eigenvalue weighted by Crippen LogP contribution is 2.10. The molecule has 19 heavy (non-hydrogen) atoms. The lowest BCUT2D eigenvalue weighted by atomic mass is 10.1. The maximum atomic E-state index is 11.8. The van der Waals surface area contributed by atoms with E-state index in [0.29, 0.717) is 6.42 Å². The van der Waals surface area contributed by atoms with Gasteiger partial charge in [0.05, 0.1) is 6.42 Å². The van der Waals surface area contributed by atoms with Crippen LogP contribution in [0.3, 0.4) is 0 Å². The standard InChI is InChI=1S/C14H20BrN3O/c15-13-3-1-12(2-4-13)11-14(19)17-7-10-18-8-5-16-6-9-18/h1-4,16H,5-11H2,(H,17,19).